The Morgan fingerprint density at radius 2 is 2.00 bits per heavy atom. The van der Waals surface area contributed by atoms with Crippen molar-refractivity contribution in [2.24, 2.45) is 0 Å². The van der Waals surface area contributed by atoms with Gasteiger partial charge in [-0.1, -0.05) is 47.3 Å². The molecule has 8 nitrogen and oxygen atoms in total. The van der Waals surface area contributed by atoms with Crippen molar-refractivity contribution in [1.82, 2.24) is 19.7 Å². The molecule has 0 fully saturated rings. The van der Waals surface area contributed by atoms with Gasteiger partial charge in [0.2, 0.25) is 0 Å². The van der Waals surface area contributed by atoms with Crippen molar-refractivity contribution in [3.63, 3.8) is 0 Å². The van der Waals surface area contributed by atoms with Gasteiger partial charge in [-0.15, -0.1) is 0 Å². The molecule has 4 rings (SSSR count). The predicted octanol–water partition coefficient (Wildman–Crippen LogP) is 3.19. The van der Waals surface area contributed by atoms with Crippen LogP contribution in [0.2, 0.25) is 0 Å². The SMILES string of the molecule is CSc1ncc(C(=O)Nc2cccc(-c3noc(=O)[nH]3)c2)n1-c1ccccc1. The van der Waals surface area contributed by atoms with Crippen LogP contribution in [0.1, 0.15) is 10.5 Å². The molecular weight excluding hydrogens is 378 g/mol. The maximum Gasteiger partial charge on any atom is 0.439 e. The molecular formula is C19H15N5O3S. The first-order chi connectivity index (χ1) is 13.7. The van der Waals surface area contributed by atoms with E-state index in [2.05, 4.69) is 25.0 Å². The number of carbonyl (C=O) groups is 1. The number of carbonyl (C=O) groups excluding carboxylic acids is 1. The van der Waals surface area contributed by atoms with Crippen molar-refractivity contribution in [1.29, 1.82) is 0 Å². The molecule has 0 aliphatic rings. The Morgan fingerprint density at radius 1 is 1.18 bits per heavy atom. The van der Waals surface area contributed by atoms with Crippen molar-refractivity contribution in [2.75, 3.05) is 11.6 Å². The van der Waals surface area contributed by atoms with Crippen molar-refractivity contribution in [3.05, 3.63) is 77.0 Å². The van der Waals surface area contributed by atoms with E-state index in [0.717, 1.165) is 5.69 Å². The number of para-hydroxylation sites is 1. The zero-order chi connectivity index (χ0) is 19.5. The van der Waals surface area contributed by atoms with Gasteiger partial charge in [-0.25, -0.2) is 9.78 Å². The molecule has 2 N–H and O–H groups in total. The molecule has 2 aromatic heterocycles. The average molecular weight is 393 g/mol. The van der Waals surface area contributed by atoms with E-state index in [9.17, 15) is 9.59 Å². The molecule has 0 radical (unpaired) electrons. The van der Waals surface area contributed by atoms with Gasteiger partial charge in [-0.05, 0) is 30.5 Å². The lowest BCUT2D eigenvalue weighted by Crippen LogP contribution is -2.16. The van der Waals surface area contributed by atoms with Crippen molar-refractivity contribution in [3.8, 4) is 17.1 Å². The third kappa shape index (κ3) is 3.47. The maximum atomic E-state index is 12.9. The smallest absolute Gasteiger partial charge is 0.321 e. The fraction of sp³-hybridized carbons (Fsp3) is 0.0526. The van der Waals surface area contributed by atoms with Crippen LogP contribution in [-0.2, 0) is 0 Å². The number of hydrogen-bond donors (Lipinski definition) is 2. The second-order valence-corrected chi connectivity index (χ2v) is 6.55. The number of benzene rings is 2. The van der Waals surface area contributed by atoms with Crippen molar-refractivity contribution >= 4 is 23.4 Å². The minimum absolute atomic E-state index is 0.292. The first-order valence-corrected chi connectivity index (χ1v) is 9.53. The number of imidazole rings is 1. The van der Waals surface area contributed by atoms with Gasteiger partial charge in [0, 0.05) is 16.9 Å². The molecule has 9 heteroatoms. The number of aromatic nitrogens is 4. The molecule has 0 spiro atoms. The topological polar surface area (TPSA) is 106 Å². The molecule has 2 aromatic carbocycles. The summed E-state index contributed by atoms with van der Waals surface area (Å²) in [7, 11) is 0. The number of rotatable bonds is 5. The maximum absolute atomic E-state index is 12.9. The van der Waals surface area contributed by atoms with Gasteiger partial charge >= 0.3 is 5.76 Å². The molecule has 28 heavy (non-hydrogen) atoms. The molecule has 0 unspecified atom stereocenters. The summed E-state index contributed by atoms with van der Waals surface area (Å²) < 4.78 is 6.33. The van der Waals surface area contributed by atoms with Crippen molar-refractivity contribution in [2.45, 2.75) is 5.16 Å². The Labute approximate surface area is 163 Å². The van der Waals surface area contributed by atoms with E-state index in [1.165, 1.54) is 11.8 Å². The second kappa shape index (κ2) is 7.57. The van der Waals surface area contributed by atoms with Gasteiger partial charge in [0.05, 0.1) is 6.20 Å². The molecule has 0 bridgehead atoms. The largest absolute Gasteiger partial charge is 0.439 e. The minimum Gasteiger partial charge on any atom is -0.321 e. The van der Waals surface area contributed by atoms with E-state index < -0.39 is 5.76 Å². The van der Waals surface area contributed by atoms with E-state index in [1.54, 1.807) is 35.0 Å². The van der Waals surface area contributed by atoms with E-state index in [4.69, 9.17) is 0 Å². The number of nitrogens with zero attached hydrogens (tertiary/aromatic N) is 3. The van der Waals surface area contributed by atoms with Crippen LogP contribution in [0.25, 0.3) is 17.1 Å². The Hall–Kier alpha value is -3.59. The van der Waals surface area contributed by atoms with Crippen LogP contribution in [0.15, 0.2) is 75.3 Å². The lowest BCUT2D eigenvalue weighted by Gasteiger charge is -2.11. The highest BCUT2D eigenvalue weighted by atomic mass is 32.2. The van der Waals surface area contributed by atoms with Crippen LogP contribution in [-0.4, -0.2) is 31.9 Å². The lowest BCUT2D eigenvalue weighted by molar-refractivity contribution is 0.102. The first kappa shape index (κ1) is 17.8. The highest BCUT2D eigenvalue weighted by Crippen LogP contribution is 2.23. The number of hydrogen-bond acceptors (Lipinski definition) is 6. The Bertz CT molecular complexity index is 1180. The lowest BCUT2D eigenvalue weighted by atomic mass is 10.2. The zero-order valence-corrected chi connectivity index (χ0v) is 15.6. The number of thioether (sulfide) groups is 1. The molecule has 0 aliphatic carbocycles. The summed E-state index contributed by atoms with van der Waals surface area (Å²) in [4.78, 5) is 30.9. The van der Waals surface area contributed by atoms with Crippen molar-refractivity contribution < 1.29 is 9.32 Å². The quantitative estimate of drug-likeness (QED) is 0.505. The third-order valence-electron chi connectivity index (χ3n) is 3.99. The van der Waals surface area contributed by atoms with E-state index in [-0.39, 0.29) is 5.91 Å². The Balaban J connectivity index is 1.65. The van der Waals surface area contributed by atoms with Gasteiger partial charge in [-0.3, -0.25) is 18.9 Å². The monoisotopic (exact) mass is 393 g/mol. The normalized spacial score (nSPS) is 10.8. The second-order valence-electron chi connectivity index (χ2n) is 5.78. The van der Waals surface area contributed by atoms with Crippen LogP contribution >= 0.6 is 11.8 Å². The summed E-state index contributed by atoms with van der Waals surface area (Å²) in [6, 6.07) is 16.5. The average Bonchev–Trinajstić information content (AvgIpc) is 3.35. The number of H-pyrrole nitrogens is 1. The molecule has 4 aromatic rings. The fourth-order valence-corrected chi connectivity index (χ4v) is 3.30. The van der Waals surface area contributed by atoms with Gasteiger partial charge in [-0.2, -0.15) is 0 Å². The summed E-state index contributed by atoms with van der Waals surface area (Å²) in [5.41, 5.74) is 2.43. The molecule has 0 saturated carbocycles. The van der Waals surface area contributed by atoms with Crippen LogP contribution in [0, 0.1) is 0 Å². The predicted molar refractivity (Wildman–Crippen MR) is 106 cm³/mol. The molecule has 140 valence electrons. The van der Waals surface area contributed by atoms with E-state index in [0.29, 0.717) is 27.9 Å². The standard InChI is InChI=1S/C19H15N5O3S/c1-28-18-20-11-15(24(18)14-8-3-2-4-9-14)17(25)21-13-7-5-6-12(10-13)16-22-19(26)27-23-16/h2-11H,1H3,(H,21,25)(H,22,23,26). The highest BCUT2D eigenvalue weighted by Gasteiger charge is 2.18. The molecule has 2 heterocycles. The van der Waals surface area contributed by atoms with Crippen LogP contribution in [0.3, 0.4) is 0 Å². The Morgan fingerprint density at radius 3 is 2.71 bits per heavy atom. The summed E-state index contributed by atoms with van der Waals surface area (Å²) in [5, 5.41) is 7.24. The van der Waals surface area contributed by atoms with E-state index >= 15 is 0 Å². The number of anilines is 1. The highest BCUT2D eigenvalue weighted by molar-refractivity contribution is 7.98. The van der Waals surface area contributed by atoms with Gasteiger partial charge in [0.25, 0.3) is 5.91 Å². The van der Waals surface area contributed by atoms with E-state index in [1.807, 2.05) is 36.6 Å². The molecule has 0 atom stereocenters. The van der Waals surface area contributed by atoms with Crippen LogP contribution in [0.5, 0.6) is 0 Å². The third-order valence-corrected chi connectivity index (χ3v) is 4.65. The summed E-state index contributed by atoms with van der Waals surface area (Å²) in [6.45, 7) is 0. The summed E-state index contributed by atoms with van der Waals surface area (Å²) in [6.07, 6.45) is 3.46. The molecule has 0 saturated heterocycles. The number of nitrogens with one attached hydrogen (secondary N) is 2. The number of aromatic amines is 1. The van der Waals surface area contributed by atoms with Crippen LogP contribution in [0.4, 0.5) is 5.69 Å². The zero-order valence-electron chi connectivity index (χ0n) is 14.7. The minimum atomic E-state index is -0.638. The van der Waals surface area contributed by atoms with Gasteiger partial charge in [0.1, 0.15) is 5.69 Å². The van der Waals surface area contributed by atoms with Gasteiger partial charge < -0.3 is 5.32 Å². The summed E-state index contributed by atoms with van der Waals surface area (Å²) >= 11 is 1.46. The fourth-order valence-electron chi connectivity index (χ4n) is 2.76. The molecule has 0 aliphatic heterocycles. The number of amides is 1. The molecule has 1 amide bonds. The first-order valence-electron chi connectivity index (χ1n) is 8.30. The summed E-state index contributed by atoms with van der Waals surface area (Å²) in [5.74, 6) is -0.650. The van der Waals surface area contributed by atoms with Crippen LogP contribution < -0.4 is 11.1 Å². The van der Waals surface area contributed by atoms with Gasteiger partial charge in [0.15, 0.2) is 11.0 Å². The Kier molecular flexibility index (Phi) is 4.81.